The zero-order chi connectivity index (χ0) is 26.8. The first-order chi connectivity index (χ1) is 19.7. The summed E-state index contributed by atoms with van der Waals surface area (Å²) in [5.74, 6) is 0. The van der Waals surface area contributed by atoms with E-state index in [0.29, 0.717) is 0 Å². The smallest absolute Gasteiger partial charge is 0.0541 e. The fourth-order valence-corrected chi connectivity index (χ4v) is 6.45. The second-order valence-electron chi connectivity index (χ2n) is 10.7. The van der Waals surface area contributed by atoms with Gasteiger partial charge in [-0.1, -0.05) is 84.9 Å². The summed E-state index contributed by atoms with van der Waals surface area (Å²) in [6.45, 7) is 4.37. The predicted molar refractivity (Wildman–Crippen MR) is 170 cm³/mol. The molecule has 2 heteroatoms. The highest BCUT2D eigenvalue weighted by Gasteiger charge is 2.16. The van der Waals surface area contributed by atoms with Gasteiger partial charge in [0.2, 0.25) is 0 Å². The molecule has 0 N–H and O–H groups in total. The highest BCUT2D eigenvalue weighted by molar-refractivity contribution is 6.12. The van der Waals surface area contributed by atoms with Crippen LogP contribution in [0.15, 0.2) is 133 Å². The maximum absolute atomic E-state index is 2.41. The van der Waals surface area contributed by atoms with Crippen molar-refractivity contribution in [3.05, 3.63) is 145 Å². The number of benzene rings is 6. The van der Waals surface area contributed by atoms with E-state index in [9.17, 15) is 0 Å². The highest BCUT2D eigenvalue weighted by atomic mass is 15.0. The van der Waals surface area contributed by atoms with Crippen molar-refractivity contribution in [3.8, 4) is 22.5 Å². The lowest BCUT2D eigenvalue weighted by Gasteiger charge is -2.12. The molecule has 40 heavy (non-hydrogen) atoms. The molecule has 2 aromatic heterocycles. The molecule has 2 nitrogen and oxygen atoms in total. The number of fused-ring (bicyclic) bond motifs is 6. The Morgan fingerprint density at radius 3 is 1.18 bits per heavy atom. The molecule has 0 aliphatic heterocycles. The number of rotatable bonds is 3. The Labute approximate surface area is 233 Å². The monoisotopic (exact) mass is 512 g/mol. The molecule has 0 bridgehead atoms. The molecule has 190 valence electrons. The van der Waals surface area contributed by atoms with E-state index < -0.39 is 0 Å². The summed E-state index contributed by atoms with van der Waals surface area (Å²) < 4.78 is 4.81. The third-order valence-corrected chi connectivity index (χ3v) is 8.39. The van der Waals surface area contributed by atoms with E-state index in [2.05, 4.69) is 156 Å². The largest absolute Gasteiger partial charge is 0.309 e. The van der Waals surface area contributed by atoms with Gasteiger partial charge in [-0.05, 0) is 84.6 Å². The zero-order valence-corrected chi connectivity index (χ0v) is 22.6. The van der Waals surface area contributed by atoms with Crippen molar-refractivity contribution < 1.29 is 0 Å². The first kappa shape index (κ1) is 22.9. The molecular weight excluding hydrogens is 484 g/mol. The van der Waals surface area contributed by atoms with Gasteiger partial charge in [-0.3, -0.25) is 0 Å². The van der Waals surface area contributed by atoms with E-state index >= 15 is 0 Å². The van der Waals surface area contributed by atoms with Gasteiger partial charge in [-0.25, -0.2) is 0 Å². The lowest BCUT2D eigenvalue weighted by atomic mass is 10.0. The van der Waals surface area contributed by atoms with Gasteiger partial charge in [0, 0.05) is 32.9 Å². The van der Waals surface area contributed by atoms with Crippen LogP contribution in [0.2, 0.25) is 0 Å². The summed E-state index contributed by atoms with van der Waals surface area (Å²) in [6, 6.07) is 48.6. The van der Waals surface area contributed by atoms with Crippen LogP contribution >= 0.6 is 0 Å². The second-order valence-corrected chi connectivity index (χ2v) is 10.7. The summed E-state index contributed by atoms with van der Waals surface area (Å²) in [7, 11) is 0. The first-order valence-electron chi connectivity index (χ1n) is 13.9. The topological polar surface area (TPSA) is 9.86 Å². The molecule has 8 aromatic rings. The third-order valence-electron chi connectivity index (χ3n) is 8.39. The lowest BCUT2D eigenvalue weighted by molar-refractivity contribution is 1.15. The molecule has 6 aromatic carbocycles. The van der Waals surface area contributed by atoms with E-state index in [1.54, 1.807) is 0 Å². The van der Waals surface area contributed by atoms with Crippen LogP contribution in [-0.4, -0.2) is 9.13 Å². The second kappa shape index (κ2) is 8.72. The molecule has 8 rings (SSSR count). The average molecular weight is 513 g/mol. The zero-order valence-electron chi connectivity index (χ0n) is 22.6. The maximum atomic E-state index is 2.41. The van der Waals surface area contributed by atoms with E-state index in [-0.39, 0.29) is 0 Å². The summed E-state index contributed by atoms with van der Waals surface area (Å²) >= 11 is 0. The van der Waals surface area contributed by atoms with Crippen molar-refractivity contribution in [1.82, 2.24) is 9.13 Å². The summed E-state index contributed by atoms with van der Waals surface area (Å²) in [5.41, 5.74) is 12.4. The van der Waals surface area contributed by atoms with Crippen LogP contribution in [-0.2, 0) is 0 Å². The number of nitrogens with zero attached hydrogens (tertiary/aromatic N) is 2. The summed E-state index contributed by atoms with van der Waals surface area (Å²) in [6.07, 6.45) is 0. The maximum Gasteiger partial charge on any atom is 0.0541 e. The van der Waals surface area contributed by atoms with Crippen LogP contribution in [0.5, 0.6) is 0 Å². The number of hydrogen-bond acceptors (Lipinski definition) is 0. The average Bonchev–Trinajstić information content (AvgIpc) is 3.50. The Kier molecular flexibility index (Phi) is 4.99. The normalized spacial score (nSPS) is 11.8. The van der Waals surface area contributed by atoms with Crippen molar-refractivity contribution in [2.24, 2.45) is 0 Å². The van der Waals surface area contributed by atoms with E-state index in [4.69, 9.17) is 0 Å². The Morgan fingerprint density at radius 2 is 0.725 bits per heavy atom. The fourth-order valence-electron chi connectivity index (χ4n) is 6.45. The summed E-state index contributed by atoms with van der Waals surface area (Å²) in [4.78, 5) is 0. The van der Waals surface area contributed by atoms with Gasteiger partial charge in [0.15, 0.2) is 0 Å². The molecule has 0 aliphatic rings. The van der Waals surface area contributed by atoms with Gasteiger partial charge in [0.1, 0.15) is 0 Å². The van der Waals surface area contributed by atoms with Crippen molar-refractivity contribution in [1.29, 1.82) is 0 Å². The van der Waals surface area contributed by atoms with Crippen LogP contribution in [0.4, 0.5) is 0 Å². The fraction of sp³-hybridized carbons (Fsp3) is 0.0526. The molecule has 0 saturated carbocycles. The molecule has 0 atom stereocenters. The van der Waals surface area contributed by atoms with Crippen molar-refractivity contribution in [2.75, 3.05) is 0 Å². The van der Waals surface area contributed by atoms with Gasteiger partial charge >= 0.3 is 0 Å². The molecule has 0 fully saturated rings. The quantitative estimate of drug-likeness (QED) is 0.223. The molecule has 0 saturated heterocycles. The lowest BCUT2D eigenvalue weighted by Crippen LogP contribution is -1.96. The van der Waals surface area contributed by atoms with Crippen LogP contribution < -0.4 is 0 Å². The number of hydrogen-bond donors (Lipinski definition) is 0. The van der Waals surface area contributed by atoms with E-state index in [1.165, 1.54) is 77.2 Å². The molecule has 0 unspecified atom stereocenters. The Morgan fingerprint density at radius 1 is 0.350 bits per heavy atom. The van der Waals surface area contributed by atoms with Crippen LogP contribution in [0.1, 0.15) is 11.1 Å². The minimum absolute atomic E-state index is 1.23. The predicted octanol–water partition coefficient (Wildman–Crippen LogP) is 10.2. The van der Waals surface area contributed by atoms with Crippen LogP contribution in [0.25, 0.3) is 66.1 Å². The first-order valence-corrected chi connectivity index (χ1v) is 13.9. The van der Waals surface area contributed by atoms with E-state index in [1.807, 2.05) is 0 Å². The van der Waals surface area contributed by atoms with Gasteiger partial charge in [-0.15, -0.1) is 0 Å². The van der Waals surface area contributed by atoms with Crippen molar-refractivity contribution >= 4 is 43.6 Å². The minimum atomic E-state index is 1.23. The SMILES string of the molecule is Cc1ccccc1-n1c2ccccc2c2cc(-c3ccc4c(c3)c3ccccc3n4-c3ccccc3C)ccc21. The number of para-hydroxylation sites is 4. The van der Waals surface area contributed by atoms with Crippen molar-refractivity contribution in [3.63, 3.8) is 0 Å². The molecule has 0 aliphatic carbocycles. The Bertz CT molecular complexity index is 2080. The molecule has 0 spiro atoms. The van der Waals surface area contributed by atoms with Crippen LogP contribution in [0.3, 0.4) is 0 Å². The molecule has 0 radical (unpaired) electrons. The minimum Gasteiger partial charge on any atom is -0.309 e. The van der Waals surface area contributed by atoms with Gasteiger partial charge in [-0.2, -0.15) is 0 Å². The Hall–Kier alpha value is -5.08. The van der Waals surface area contributed by atoms with Gasteiger partial charge in [0.25, 0.3) is 0 Å². The standard InChI is InChI=1S/C38H28N2/c1-25-11-3-7-15-33(25)39-35-17-9-5-13-29(35)31-23-27(19-21-37(31)39)28-20-22-38-32(24-28)30-14-6-10-18-36(30)40(38)34-16-8-4-12-26(34)2/h3-24H,1-2H3. The highest BCUT2D eigenvalue weighted by Crippen LogP contribution is 2.38. The van der Waals surface area contributed by atoms with Crippen LogP contribution in [0, 0.1) is 13.8 Å². The summed E-state index contributed by atoms with van der Waals surface area (Å²) in [5, 5.41) is 5.11. The number of aromatic nitrogens is 2. The van der Waals surface area contributed by atoms with Crippen molar-refractivity contribution in [2.45, 2.75) is 13.8 Å². The molecule has 2 heterocycles. The third kappa shape index (κ3) is 3.29. The van der Waals surface area contributed by atoms with Gasteiger partial charge < -0.3 is 9.13 Å². The van der Waals surface area contributed by atoms with E-state index in [0.717, 1.165) is 0 Å². The number of aryl methyl sites for hydroxylation is 2. The Balaban J connectivity index is 1.37. The van der Waals surface area contributed by atoms with Gasteiger partial charge in [0.05, 0.1) is 22.1 Å². The molecule has 0 amide bonds. The molecular formula is C38H28N2.